The zero-order chi connectivity index (χ0) is 23.4. The Hall–Kier alpha value is -3.13. The van der Waals surface area contributed by atoms with Gasteiger partial charge in [0.15, 0.2) is 17.3 Å². The second-order valence-corrected chi connectivity index (χ2v) is 8.47. The van der Waals surface area contributed by atoms with E-state index in [1.165, 1.54) is 6.26 Å². The molecule has 4 rings (SSSR count). The first kappa shape index (κ1) is 23.0. The van der Waals surface area contributed by atoms with Gasteiger partial charge in [0, 0.05) is 25.8 Å². The van der Waals surface area contributed by atoms with Gasteiger partial charge in [0.05, 0.1) is 31.4 Å². The van der Waals surface area contributed by atoms with E-state index >= 15 is 0 Å². The summed E-state index contributed by atoms with van der Waals surface area (Å²) in [7, 11) is 1.57. The van der Waals surface area contributed by atoms with Gasteiger partial charge < -0.3 is 28.3 Å². The van der Waals surface area contributed by atoms with E-state index in [-0.39, 0.29) is 30.2 Å². The number of ketones is 2. The second-order valence-electron chi connectivity index (χ2n) is 8.47. The number of fused-ring (bicyclic) bond motifs is 1. The molecular formula is C25H29NO7. The van der Waals surface area contributed by atoms with Gasteiger partial charge in [-0.25, -0.2) is 0 Å². The van der Waals surface area contributed by atoms with Gasteiger partial charge in [0.2, 0.25) is 0 Å². The summed E-state index contributed by atoms with van der Waals surface area (Å²) < 4.78 is 22.7. The van der Waals surface area contributed by atoms with Crippen molar-refractivity contribution in [3.05, 3.63) is 46.9 Å². The van der Waals surface area contributed by atoms with Crippen molar-refractivity contribution in [2.24, 2.45) is 0 Å². The Balaban J connectivity index is 1.38. The number of carbonyl (C=O) groups excluding carboxylic acids is 3. The molecule has 1 atom stereocenters. The zero-order valence-corrected chi connectivity index (χ0v) is 19.1. The van der Waals surface area contributed by atoms with Gasteiger partial charge in [-0.3, -0.25) is 9.59 Å². The lowest BCUT2D eigenvalue weighted by molar-refractivity contribution is -0.116. The minimum Gasteiger partial charge on any atom is -0.493 e. The van der Waals surface area contributed by atoms with Crippen molar-refractivity contribution in [3.8, 4) is 11.5 Å². The molecule has 1 fully saturated rings. The number of carbonyl (C=O) groups is 3. The highest BCUT2D eigenvalue weighted by atomic mass is 16.5. The van der Waals surface area contributed by atoms with Crippen molar-refractivity contribution >= 4 is 17.5 Å². The number of furan rings is 1. The summed E-state index contributed by atoms with van der Waals surface area (Å²) in [5, 5.41) is 0. The Labute approximate surface area is 192 Å². The average molecular weight is 456 g/mol. The standard InChI is InChI=1S/C25H29NO7/c1-16(27)6-7-17-8-9-21(23(12-17)30-2)32-14-18-13-26(10-11-31-18)25(29)19-15-33-22-5-3-4-20(28)24(19)22/h8-9,12,15,18H,3-7,10-11,13-14H2,1-2H3. The van der Waals surface area contributed by atoms with Crippen molar-refractivity contribution in [1.82, 2.24) is 4.90 Å². The van der Waals surface area contributed by atoms with E-state index in [1.807, 2.05) is 18.2 Å². The number of nitrogens with zero attached hydrogens (tertiary/aromatic N) is 1. The van der Waals surface area contributed by atoms with Gasteiger partial charge in [-0.05, 0) is 37.5 Å². The van der Waals surface area contributed by atoms with Crippen molar-refractivity contribution in [2.75, 3.05) is 33.4 Å². The fraction of sp³-hybridized carbons (Fsp3) is 0.480. The molecule has 2 heterocycles. The van der Waals surface area contributed by atoms with Crippen molar-refractivity contribution < 1.29 is 33.0 Å². The largest absolute Gasteiger partial charge is 0.493 e. The Bertz CT molecular complexity index is 1040. The van der Waals surface area contributed by atoms with Gasteiger partial charge in [0.1, 0.15) is 30.5 Å². The summed E-state index contributed by atoms with van der Waals surface area (Å²) >= 11 is 0. The quantitative estimate of drug-likeness (QED) is 0.603. The van der Waals surface area contributed by atoms with Gasteiger partial charge in [-0.15, -0.1) is 0 Å². The molecule has 176 valence electrons. The highest BCUT2D eigenvalue weighted by Crippen LogP contribution is 2.30. The van der Waals surface area contributed by atoms with E-state index in [0.717, 1.165) is 12.0 Å². The van der Waals surface area contributed by atoms with Crippen LogP contribution in [0.25, 0.3) is 0 Å². The number of morpholine rings is 1. The molecule has 2 aromatic rings. The van der Waals surface area contributed by atoms with Crippen LogP contribution in [0.5, 0.6) is 11.5 Å². The number of benzene rings is 1. The Morgan fingerprint density at radius 2 is 2.06 bits per heavy atom. The first-order chi connectivity index (χ1) is 16.0. The van der Waals surface area contributed by atoms with E-state index < -0.39 is 0 Å². The molecule has 0 saturated carbocycles. The first-order valence-electron chi connectivity index (χ1n) is 11.3. The molecule has 33 heavy (non-hydrogen) atoms. The second kappa shape index (κ2) is 10.2. The number of hydrogen-bond acceptors (Lipinski definition) is 7. The summed E-state index contributed by atoms with van der Waals surface area (Å²) in [4.78, 5) is 38.4. The molecule has 1 aromatic carbocycles. The number of aryl methyl sites for hydroxylation is 2. The number of ether oxygens (including phenoxy) is 3. The SMILES string of the molecule is COc1cc(CCC(C)=O)ccc1OCC1CN(C(=O)c2coc3c2C(=O)CCC3)CCO1. The molecule has 2 aliphatic rings. The topological polar surface area (TPSA) is 95.3 Å². The Morgan fingerprint density at radius 1 is 1.21 bits per heavy atom. The van der Waals surface area contributed by atoms with E-state index in [9.17, 15) is 14.4 Å². The van der Waals surface area contributed by atoms with Crippen LogP contribution in [0.2, 0.25) is 0 Å². The van der Waals surface area contributed by atoms with E-state index in [0.29, 0.717) is 73.8 Å². The van der Waals surface area contributed by atoms with Gasteiger partial charge in [0.25, 0.3) is 5.91 Å². The lowest BCUT2D eigenvalue weighted by atomic mass is 9.93. The van der Waals surface area contributed by atoms with Crippen molar-refractivity contribution in [2.45, 2.75) is 45.1 Å². The summed E-state index contributed by atoms with van der Waals surface area (Å²) in [5.74, 6) is 1.68. The molecule has 1 aliphatic carbocycles. The normalized spacial score (nSPS) is 18.1. The van der Waals surface area contributed by atoms with Gasteiger partial charge in [-0.1, -0.05) is 6.07 Å². The van der Waals surface area contributed by atoms with Crippen LogP contribution in [0.1, 0.15) is 58.2 Å². The summed E-state index contributed by atoms with van der Waals surface area (Å²) in [6.07, 6.45) is 4.11. The highest BCUT2D eigenvalue weighted by molar-refractivity contribution is 6.09. The molecule has 0 spiro atoms. The molecule has 0 radical (unpaired) electrons. The van der Waals surface area contributed by atoms with Crippen molar-refractivity contribution in [3.63, 3.8) is 0 Å². The minimum absolute atomic E-state index is 0.0275. The molecule has 1 saturated heterocycles. The van der Waals surface area contributed by atoms with E-state index in [4.69, 9.17) is 18.6 Å². The highest BCUT2D eigenvalue weighted by Gasteiger charge is 2.32. The molecule has 1 unspecified atom stereocenters. The lowest BCUT2D eigenvalue weighted by Gasteiger charge is -2.33. The molecular weight excluding hydrogens is 426 g/mol. The molecule has 1 amide bonds. The number of hydrogen-bond donors (Lipinski definition) is 0. The van der Waals surface area contributed by atoms with Crippen molar-refractivity contribution in [1.29, 1.82) is 0 Å². The smallest absolute Gasteiger partial charge is 0.258 e. The molecule has 0 N–H and O–H groups in total. The maximum atomic E-state index is 13.1. The fourth-order valence-corrected chi connectivity index (χ4v) is 4.24. The summed E-state index contributed by atoms with van der Waals surface area (Å²) in [5.41, 5.74) is 1.79. The Morgan fingerprint density at radius 3 is 2.85 bits per heavy atom. The zero-order valence-electron chi connectivity index (χ0n) is 19.1. The number of rotatable bonds is 8. The fourth-order valence-electron chi connectivity index (χ4n) is 4.24. The number of methoxy groups -OCH3 is 1. The number of amides is 1. The van der Waals surface area contributed by atoms with Gasteiger partial charge >= 0.3 is 0 Å². The van der Waals surface area contributed by atoms with Crippen LogP contribution in [0.3, 0.4) is 0 Å². The van der Waals surface area contributed by atoms with Crippen LogP contribution in [-0.4, -0.2) is 61.9 Å². The molecule has 1 aliphatic heterocycles. The van der Waals surface area contributed by atoms with E-state index in [1.54, 1.807) is 18.9 Å². The monoisotopic (exact) mass is 455 g/mol. The number of Topliss-reactive ketones (excluding diaryl/α,β-unsaturated/α-hetero) is 2. The maximum absolute atomic E-state index is 13.1. The van der Waals surface area contributed by atoms with Crippen LogP contribution in [0, 0.1) is 0 Å². The molecule has 1 aromatic heterocycles. The van der Waals surface area contributed by atoms with Crippen LogP contribution < -0.4 is 9.47 Å². The first-order valence-corrected chi connectivity index (χ1v) is 11.3. The van der Waals surface area contributed by atoms with E-state index in [2.05, 4.69) is 0 Å². The van der Waals surface area contributed by atoms with Gasteiger partial charge in [-0.2, -0.15) is 0 Å². The molecule has 8 heteroatoms. The van der Waals surface area contributed by atoms with Crippen LogP contribution in [0.15, 0.2) is 28.9 Å². The van der Waals surface area contributed by atoms with Crippen LogP contribution >= 0.6 is 0 Å². The van der Waals surface area contributed by atoms with Crippen LogP contribution in [0.4, 0.5) is 0 Å². The maximum Gasteiger partial charge on any atom is 0.258 e. The summed E-state index contributed by atoms with van der Waals surface area (Å²) in [6.45, 7) is 3.00. The summed E-state index contributed by atoms with van der Waals surface area (Å²) in [6, 6.07) is 5.61. The molecule has 8 nitrogen and oxygen atoms in total. The third-order valence-corrected chi connectivity index (χ3v) is 6.03. The van der Waals surface area contributed by atoms with Crippen LogP contribution in [-0.2, 0) is 22.4 Å². The molecule has 0 bridgehead atoms. The predicted octanol–water partition coefficient (Wildman–Crippen LogP) is 3.25. The third-order valence-electron chi connectivity index (χ3n) is 6.03. The predicted molar refractivity (Wildman–Crippen MR) is 119 cm³/mol. The minimum atomic E-state index is -0.316. The average Bonchev–Trinajstić information content (AvgIpc) is 3.27. The lowest BCUT2D eigenvalue weighted by Crippen LogP contribution is -2.47. The Kier molecular flexibility index (Phi) is 7.13. The third kappa shape index (κ3) is 5.27.